The maximum atomic E-state index is 13.5. The standard InChI is InChI=1S/C21H26N6O2S/c1-3-27(20-12-13-25(15-20)17(2)18-8-5-4-6-9-18)30(28,29)21-11-7-10-19(14-21)26-16-22-23-24-26/h4-11,14,16-17,20H,3,12-13,15H2,1-2H3. The summed E-state index contributed by atoms with van der Waals surface area (Å²) in [7, 11) is -3.64. The van der Waals surface area contributed by atoms with Crippen LogP contribution >= 0.6 is 0 Å². The maximum absolute atomic E-state index is 13.5. The molecule has 0 radical (unpaired) electrons. The lowest BCUT2D eigenvalue weighted by Gasteiger charge is -2.29. The van der Waals surface area contributed by atoms with Gasteiger partial charge in [0, 0.05) is 31.7 Å². The Kier molecular flexibility index (Phi) is 5.94. The van der Waals surface area contributed by atoms with Gasteiger partial charge in [-0.1, -0.05) is 43.3 Å². The summed E-state index contributed by atoms with van der Waals surface area (Å²) in [6.07, 6.45) is 2.26. The van der Waals surface area contributed by atoms with Crippen LogP contribution < -0.4 is 0 Å². The van der Waals surface area contributed by atoms with Gasteiger partial charge in [-0.2, -0.15) is 4.31 Å². The van der Waals surface area contributed by atoms with E-state index in [-0.39, 0.29) is 17.0 Å². The summed E-state index contributed by atoms with van der Waals surface area (Å²) in [4.78, 5) is 2.61. The van der Waals surface area contributed by atoms with Gasteiger partial charge in [-0.25, -0.2) is 13.1 Å². The molecule has 1 aromatic heterocycles. The van der Waals surface area contributed by atoms with Gasteiger partial charge in [0.15, 0.2) is 0 Å². The van der Waals surface area contributed by atoms with E-state index in [9.17, 15) is 8.42 Å². The van der Waals surface area contributed by atoms with Gasteiger partial charge in [-0.3, -0.25) is 4.90 Å². The van der Waals surface area contributed by atoms with E-state index in [0.29, 0.717) is 12.2 Å². The van der Waals surface area contributed by atoms with Crippen molar-refractivity contribution in [1.29, 1.82) is 0 Å². The van der Waals surface area contributed by atoms with Crippen LogP contribution in [0.2, 0.25) is 0 Å². The molecule has 4 rings (SSSR count). The summed E-state index contributed by atoms with van der Waals surface area (Å²) in [5, 5.41) is 11.1. The maximum Gasteiger partial charge on any atom is 0.243 e. The van der Waals surface area contributed by atoms with Crippen molar-refractivity contribution >= 4 is 10.0 Å². The second-order valence-electron chi connectivity index (χ2n) is 7.48. The smallest absolute Gasteiger partial charge is 0.243 e. The SMILES string of the molecule is CCN(C1CCN(C(C)c2ccccc2)C1)S(=O)(=O)c1cccc(-n2cnnn2)c1. The van der Waals surface area contributed by atoms with Gasteiger partial charge in [-0.15, -0.1) is 5.10 Å². The third-order valence-corrected chi connectivity index (χ3v) is 7.80. The van der Waals surface area contributed by atoms with E-state index in [0.717, 1.165) is 19.5 Å². The first-order valence-electron chi connectivity index (χ1n) is 10.1. The monoisotopic (exact) mass is 426 g/mol. The Morgan fingerprint density at radius 1 is 1.17 bits per heavy atom. The van der Waals surface area contributed by atoms with Gasteiger partial charge >= 0.3 is 0 Å². The average molecular weight is 427 g/mol. The molecule has 2 atom stereocenters. The molecule has 30 heavy (non-hydrogen) atoms. The molecule has 1 aliphatic heterocycles. The summed E-state index contributed by atoms with van der Waals surface area (Å²) in [6.45, 7) is 6.09. The number of likely N-dealkylation sites (tertiary alicyclic amines) is 1. The normalized spacial score (nSPS) is 18.7. The fraction of sp³-hybridized carbons (Fsp3) is 0.381. The summed E-state index contributed by atoms with van der Waals surface area (Å²) < 4.78 is 30.0. The number of tetrazole rings is 1. The van der Waals surface area contributed by atoms with Gasteiger partial charge in [0.2, 0.25) is 10.0 Å². The van der Waals surface area contributed by atoms with Crippen LogP contribution in [0.5, 0.6) is 0 Å². The van der Waals surface area contributed by atoms with Gasteiger partial charge in [0.05, 0.1) is 10.6 Å². The van der Waals surface area contributed by atoms with Crippen molar-refractivity contribution < 1.29 is 8.42 Å². The molecule has 0 aliphatic carbocycles. The van der Waals surface area contributed by atoms with Crippen molar-refractivity contribution in [3.8, 4) is 5.69 Å². The Balaban J connectivity index is 1.54. The van der Waals surface area contributed by atoms with E-state index in [2.05, 4.69) is 39.5 Å². The highest BCUT2D eigenvalue weighted by Gasteiger charge is 2.36. The first-order valence-corrected chi connectivity index (χ1v) is 11.6. The van der Waals surface area contributed by atoms with Crippen LogP contribution in [-0.2, 0) is 10.0 Å². The van der Waals surface area contributed by atoms with Crippen LogP contribution in [0.1, 0.15) is 31.9 Å². The fourth-order valence-electron chi connectivity index (χ4n) is 4.12. The number of likely N-dealkylation sites (N-methyl/N-ethyl adjacent to an activating group) is 1. The zero-order chi connectivity index (χ0) is 21.1. The highest BCUT2D eigenvalue weighted by Crippen LogP contribution is 2.29. The van der Waals surface area contributed by atoms with Gasteiger partial charge in [0.25, 0.3) is 0 Å². The lowest BCUT2D eigenvalue weighted by molar-refractivity contribution is 0.239. The number of nitrogens with zero attached hydrogens (tertiary/aromatic N) is 6. The molecule has 8 nitrogen and oxygen atoms in total. The Hall–Kier alpha value is -2.62. The second-order valence-corrected chi connectivity index (χ2v) is 9.37. The molecule has 2 unspecified atom stereocenters. The summed E-state index contributed by atoms with van der Waals surface area (Å²) in [5.41, 5.74) is 1.86. The summed E-state index contributed by atoms with van der Waals surface area (Å²) in [6, 6.07) is 17.3. The summed E-state index contributed by atoms with van der Waals surface area (Å²) in [5.74, 6) is 0. The van der Waals surface area contributed by atoms with Crippen molar-refractivity contribution in [2.45, 2.75) is 37.2 Å². The van der Waals surface area contributed by atoms with Crippen LogP contribution in [0.3, 0.4) is 0 Å². The van der Waals surface area contributed by atoms with E-state index >= 15 is 0 Å². The first-order chi connectivity index (χ1) is 14.5. The fourth-order valence-corrected chi connectivity index (χ4v) is 5.82. The predicted molar refractivity (Wildman–Crippen MR) is 114 cm³/mol. The third-order valence-electron chi connectivity index (χ3n) is 5.78. The van der Waals surface area contributed by atoms with Gasteiger partial charge in [-0.05, 0) is 47.5 Å². The van der Waals surface area contributed by atoms with Crippen LogP contribution in [0.25, 0.3) is 5.69 Å². The van der Waals surface area contributed by atoms with Gasteiger partial charge in [0.1, 0.15) is 6.33 Å². The lowest BCUT2D eigenvalue weighted by atomic mass is 10.1. The quantitative estimate of drug-likeness (QED) is 0.577. The molecular formula is C21H26N6O2S. The van der Waals surface area contributed by atoms with E-state index < -0.39 is 10.0 Å². The van der Waals surface area contributed by atoms with Crippen LogP contribution in [-0.4, -0.2) is 63.5 Å². The van der Waals surface area contributed by atoms with Crippen LogP contribution in [0, 0.1) is 0 Å². The predicted octanol–water partition coefficient (Wildman–Crippen LogP) is 2.51. The molecule has 1 fully saturated rings. The molecule has 158 valence electrons. The zero-order valence-corrected chi connectivity index (χ0v) is 18.0. The molecule has 2 aromatic carbocycles. The summed E-state index contributed by atoms with van der Waals surface area (Å²) >= 11 is 0. The molecule has 0 N–H and O–H groups in total. The number of aromatic nitrogens is 4. The van der Waals surface area contributed by atoms with E-state index in [4.69, 9.17) is 0 Å². The average Bonchev–Trinajstić information content (AvgIpc) is 3.47. The lowest BCUT2D eigenvalue weighted by Crippen LogP contribution is -2.42. The number of rotatable bonds is 7. The molecule has 1 aliphatic rings. The Bertz CT molecular complexity index is 1070. The topological polar surface area (TPSA) is 84.2 Å². The Labute approximate surface area is 177 Å². The van der Waals surface area contributed by atoms with E-state index in [1.165, 1.54) is 16.6 Å². The number of hydrogen-bond donors (Lipinski definition) is 0. The molecule has 0 spiro atoms. The second kappa shape index (κ2) is 8.63. The van der Waals surface area contributed by atoms with E-state index in [1.54, 1.807) is 28.6 Å². The Morgan fingerprint density at radius 3 is 2.67 bits per heavy atom. The molecule has 0 saturated carbocycles. The minimum absolute atomic E-state index is 0.0529. The molecule has 1 saturated heterocycles. The highest BCUT2D eigenvalue weighted by atomic mass is 32.2. The first kappa shape index (κ1) is 20.6. The zero-order valence-electron chi connectivity index (χ0n) is 17.2. The van der Waals surface area contributed by atoms with Gasteiger partial charge < -0.3 is 0 Å². The van der Waals surface area contributed by atoms with Crippen LogP contribution in [0.15, 0.2) is 65.8 Å². The minimum atomic E-state index is -3.64. The molecular weight excluding hydrogens is 400 g/mol. The molecule has 0 amide bonds. The molecule has 2 heterocycles. The van der Waals surface area contributed by atoms with E-state index in [1.807, 2.05) is 25.1 Å². The third kappa shape index (κ3) is 4.00. The molecule has 3 aromatic rings. The Morgan fingerprint density at radius 2 is 1.97 bits per heavy atom. The largest absolute Gasteiger partial charge is 0.295 e. The van der Waals surface area contributed by atoms with Crippen molar-refractivity contribution in [3.63, 3.8) is 0 Å². The minimum Gasteiger partial charge on any atom is -0.295 e. The van der Waals surface area contributed by atoms with Crippen molar-refractivity contribution in [2.24, 2.45) is 0 Å². The number of benzene rings is 2. The number of hydrogen-bond acceptors (Lipinski definition) is 6. The van der Waals surface area contributed by atoms with Crippen molar-refractivity contribution in [3.05, 3.63) is 66.5 Å². The number of sulfonamides is 1. The van der Waals surface area contributed by atoms with Crippen molar-refractivity contribution in [2.75, 3.05) is 19.6 Å². The van der Waals surface area contributed by atoms with Crippen molar-refractivity contribution in [1.82, 2.24) is 29.4 Å². The molecule has 0 bridgehead atoms. The highest BCUT2D eigenvalue weighted by molar-refractivity contribution is 7.89. The van der Waals surface area contributed by atoms with Crippen LogP contribution in [0.4, 0.5) is 0 Å². The molecule has 9 heteroatoms.